The third kappa shape index (κ3) is 1.79. The van der Waals surface area contributed by atoms with Crippen molar-refractivity contribution in [3.05, 3.63) is 35.4 Å². The van der Waals surface area contributed by atoms with Crippen LogP contribution in [0.25, 0.3) is 0 Å². The highest BCUT2D eigenvalue weighted by Crippen LogP contribution is 2.15. The summed E-state index contributed by atoms with van der Waals surface area (Å²) in [6.45, 7) is 3.27. The van der Waals surface area contributed by atoms with E-state index in [4.69, 9.17) is 0 Å². The van der Waals surface area contributed by atoms with E-state index in [0.29, 0.717) is 6.04 Å². The molecular formula is C10H14ClN. The minimum absolute atomic E-state index is 0. The summed E-state index contributed by atoms with van der Waals surface area (Å²) in [5.74, 6) is 0. The van der Waals surface area contributed by atoms with Crippen molar-refractivity contribution in [1.82, 2.24) is 5.32 Å². The topological polar surface area (TPSA) is 12.0 Å². The summed E-state index contributed by atoms with van der Waals surface area (Å²) in [4.78, 5) is 0. The van der Waals surface area contributed by atoms with Crippen molar-refractivity contribution in [3.8, 4) is 0 Å². The lowest BCUT2D eigenvalue weighted by Crippen LogP contribution is -2.32. The lowest BCUT2D eigenvalue weighted by molar-refractivity contribution is 0.513. The van der Waals surface area contributed by atoms with E-state index in [9.17, 15) is 0 Å². The number of benzene rings is 1. The van der Waals surface area contributed by atoms with Gasteiger partial charge in [-0.15, -0.1) is 12.4 Å². The zero-order chi connectivity index (χ0) is 7.68. The van der Waals surface area contributed by atoms with Crippen molar-refractivity contribution in [1.29, 1.82) is 0 Å². The van der Waals surface area contributed by atoms with Gasteiger partial charge < -0.3 is 5.32 Å². The van der Waals surface area contributed by atoms with Gasteiger partial charge in [-0.25, -0.2) is 0 Å². The largest absolute Gasteiger partial charge is 0.310 e. The van der Waals surface area contributed by atoms with Crippen LogP contribution in [0.5, 0.6) is 0 Å². The van der Waals surface area contributed by atoms with Crippen molar-refractivity contribution in [2.45, 2.75) is 25.9 Å². The highest BCUT2D eigenvalue weighted by Gasteiger charge is 2.12. The molecule has 1 nitrogen and oxygen atoms in total. The van der Waals surface area contributed by atoms with Crippen molar-refractivity contribution >= 4 is 12.4 Å². The van der Waals surface area contributed by atoms with E-state index >= 15 is 0 Å². The average Bonchev–Trinajstić information content (AvgIpc) is 2.04. The minimum Gasteiger partial charge on any atom is -0.310 e. The number of hydrogen-bond donors (Lipinski definition) is 1. The molecule has 0 saturated carbocycles. The van der Waals surface area contributed by atoms with Crippen LogP contribution in [-0.4, -0.2) is 6.04 Å². The molecule has 66 valence electrons. The molecule has 1 aromatic carbocycles. The first-order chi connectivity index (χ1) is 5.36. The van der Waals surface area contributed by atoms with Gasteiger partial charge in [-0.2, -0.15) is 0 Å². The Kier molecular flexibility index (Phi) is 3.12. The van der Waals surface area contributed by atoms with Crippen molar-refractivity contribution < 1.29 is 0 Å². The summed E-state index contributed by atoms with van der Waals surface area (Å²) >= 11 is 0. The number of rotatable bonds is 0. The second kappa shape index (κ2) is 3.92. The molecule has 0 radical (unpaired) electrons. The van der Waals surface area contributed by atoms with Crippen LogP contribution in [0.2, 0.25) is 0 Å². The molecule has 0 saturated heterocycles. The van der Waals surface area contributed by atoms with Gasteiger partial charge in [0.1, 0.15) is 0 Å². The summed E-state index contributed by atoms with van der Waals surface area (Å²) in [6.07, 6.45) is 1.18. The van der Waals surface area contributed by atoms with Crippen molar-refractivity contribution in [2.75, 3.05) is 0 Å². The highest BCUT2D eigenvalue weighted by atomic mass is 35.5. The fourth-order valence-corrected chi connectivity index (χ4v) is 1.62. The third-order valence-electron chi connectivity index (χ3n) is 2.29. The molecule has 0 amide bonds. The van der Waals surface area contributed by atoms with E-state index < -0.39 is 0 Å². The Balaban J connectivity index is 0.000000720. The van der Waals surface area contributed by atoms with Crippen LogP contribution < -0.4 is 5.32 Å². The maximum atomic E-state index is 3.44. The molecule has 1 atom stereocenters. The van der Waals surface area contributed by atoms with Crippen LogP contribution in [-0.2, 0) is 13.0 Å². The number of hydrogen-bond acceptors (Lipinski definition) is 1. The van der Waals surface area contributed by atoms with Gasteiger partial charge in [-0.1, -0.05) is 24.3 Å². The van der Waals surface area contributed by atoms with Gasteiger partial charge in [0.25, 0.3) is 0 Å². The zero-order valence-electron chi connectivity index (χ0n) is 7.21. The molecule has 1 aromatic rings. The summed E-state index contributed by atoms with van der Waals surface area (Å²) in [5.41, 5.74) is 2.98. The van der Waals surface area contributed by atoms with Gasteiger partial charge >= 0.3 is 0 Å². The quantitative estimate of drug-likeness (QED) is 0.650. The van der Waals surface area contributed by atoms with E-state index in [1.807, 2.05) is 0 Å². The molecule has 1 aliphatic heterocycles. The van der Waals surface area contributed by atoms with Gasteiger partial charge in [0, 0.05) is 12.6 Å². The molecule has 0 fully saturated rings. The molecular weight excluding hydrogens is 170 g/mol. The SMILES string of the molecule is C[C@@H]1Cc2ccccc2CN1.Cl. The first kappa shape index (κ1) is 9.56. The fourth-order valence-electron chi connectivity index (χ4n) is 1.62. The molecule has 1 N–H and O–H groups in total. The van der Waals surface area contributed by atoms with Gasteiger partial charge in [0.15, 0.2) is 0 Å². The normalized spacial score (nSPS) is 20.9. The number of nitrogens with one attached hydrogen (secondary N) is 1. The van der Waals surface area contributed by atoms with Crippen LogP contribution in [0.15, 0.2) is 24.3 Å². The van der Waals surface area contributed by atoms with E-state index in [1.165, 1.54) is 17.5 Å². The molecule has 2 rings (SSSR count). The van der Waals surface area contributed by atoms with Gasteiger partial charge in [0.05, 0.1) is 0 Å². The Morgan fingerprint density at radius 2 is 1.92 bits per heavy atom. The third-order valence-corrected chi connectivity index (χ3v) is 2.29. The molecule has 0 aromatic heterocycles. The monoisotopic (exact) mass is 183 g/mol. The molecule has 0 unspecified atom stereocenters. The van der Waals surface area contributed by atoms with E-state index in [1.54, 1.807) is 0 Å². The molecule has 0 aliphatic carbocycles. The van der Waals surface area contributed by atoms with Gasteiger partial charge in [-0.3, -0.25) is 0 Å². The van der Waals surface area contributed by atoms with Crippen LogP contribution in [0.3, 0.4) is 0 Å². The first-order valence-corrected chi connectivity index (χ1v) is 4.16. The molecule has 0 spiro atoms. The summed E-state index contributed by atoms with van der Waals surface area (Å²) in [5, 5.41) is 3.44. The van der Waals surface area contributed by atoms with Crippen LogP contribution in [0.1, 0.15) is 18.1 Å². The fraction of sp³-hybridized carbons (Fsp3) is 0.400. The molecule has 0 bridgehead atoms. The van der Waals surface area contributed by atoms with Gasteiger partial charge in [0.2, 0.25) is 0 Å². The predicted molar refractivity (Wildman–Crippen MR) is 53.7 cm³/mol. The molecule has 12 heavy (non-hydrogen) atoms. The van der Waals surface area contributed by atoms with Crippen LogP contribution in [0.4, 0.5) is 0 Å². The van der Waals surface area contributed by atoms with Crippen LogP contribution >= 0.6 is 12.4 Å². The predicted octanol–water partition coefficient (Wildman–Crippen LogP) is 2.14. The summed E-state index contributed by atoms with van der Waals surface area (Å²) in [7, 11) is 0. The summed E-state index contributed by atoms with van der Waals surface area (Å²) in [6, 6.07) is 9.30. The Labute approximate surface area is 79.6 Å². The second-order valence-corrected chi connectivity index (χ2v) is 3.25. The Morgan fingerprint density at radius 1 is 1.25 bits per heavy atom. The van der Waals surface area contributed by atoms with Crippen molar-refractivity contribution in [3.63, 3.8) is 0 Å². The van der Waals surface area contributed by atoms with E-state index in [0.717, 1.165) is 6.54 Å². The maximum Gasteiger partial charge on any atom is 0.0210 e. The average molecular weight is 184 g/mol. The Bertz CT molecular complexity index is 260. The van der Waals surface area contributed by atoms with E-state index in [2.05, 4.69) is 36.5 Å². The maximum absolute atomic E-state index is 3.44. The van der Waals surface area contributed by atoms with Crippen LogP contribution in [0, 0.1) is 0 Å². The second-order valence-electron chi connectivity index (χ2n) is 3.25. The van der Waals surface area contributed by atoms with Gasteiger partial charge in [-0.05, 0) is 24.5 Å². The van der Waals surface area contributed by atoms with E-state index in [-0.39, 0.29) is 12.4 Å². The summed E-state index contributed by atoms with van der Waals surface area (Å²) < 4.78 is 0. The zero-order valence-corrected chi connectivity index (χ0v) is 8.03. The van der Waals surface area contributed by atoms with Crippen molar-refractivity contribution in [2.24, 2.45) is 0 Å². The smallest absolute Gasteiger partial charge is 0.0210 e. The molecule has 1 aliphatic rings. The Hall–Kier alpha value is -0.530. The number of fused-ring (bicyclic) bond motifs is 1. The standard InChI is InChI=1S/C10H13N.ClH/c1-8-6-9-4-2-3-5-10(9)7-11-8;/h2-5,8,11H,6-7H2,1H3;1H/t8-;/m1./s1. The Morgan fingerprint density at radius 3 is 2.67 bits per heavy atom. The first-order valence-electron chi connectivity index (χ1n) is 4.16. The molecule has 1 heterocycles. The highest BCUT2D eigenvalue weighted by molar-refractivity contribution is 5.85. The minimum atomic E-state index is 0. The lowest BCUT2D eigenvalue weighted by atomic mass is 9.97. The lowest BCUT2D eigenvalue weighted by Gasteiger charge is -2.22. The number of halogens is 1. The molecule has 2 heteroatoms.